The van der Waals surface area contributed by atoms with Crippen molar-refractivity contribution in [3.05, 3.63) is 54.1 Å². The van der Waals surface area contributed by atoms with Crippen molar-refractivity contribution in [2.75, 3.05) is 37.7 Å². The molecule has 0 unspecified atom stereocenters. The number of phenols is 1. The van der Waals surface area contributed by atoms with E-state index >= 15 is 0 Å². The van der Waals surface area contributed by atoms with E-state index in [-0.39, 0.29) is 18.3 Å². The smallest absolute Gasteiger partial charge is 0.260 e. The second-order valence-corrected chi connectivity index (χ2v) is 6.90. The lowest BCUT2D eigenvalue weighted by atomic mass is 10.0. The molecule has 0 atom stereocenters. The number of ether oxygens (including phenoxy) is 1. The second-order valence-electron chi connectivity index (χ2n) is 6.90. The summed E-state index contributed by atoms with van der Waals surface area (Å²) in [4.78, 5) is 16.5. The first kappa shape index (κ1) is 18.1. The first-order valence-corrected chi connectivity index (χ1v) is 9.07. The molecule has 2 aromatic rings. The van der Waals surface area contributed by atoms with Gasteiger partial charge < -0.3 is 19.6 Å². The molecular formula is C21H26N2O3. The number of hydrogen-bond donors (Lipinski definition) is 1. The summed E-state index contributed by atoms with van der Waals surface area (Å²) in [5.74, 6) is 1.14. The molecule has 1 aliphatic heterocycles. The van der Waals surface area contributed by atoms with Gasteiger partial charge in [-0.15, -0.1) is 0 Å². The normalized spacial score (nSPS) is 14.6. The van der Waals surface area contributed by atoms with Crippen LogP contribution in [-0.2, 0) is 4.79 Å². The molecule has 5 nitrogen and oxygen atoms in total. The molecule has 3 rings (SSSR count). The van der Waals surface area contributed by atoms with Crippen molar-refractivity contribution in [1.82, 2.24) is 4.90 Å². The number of phenolic OH excluding ortho intramolecular Hbond substituents is 1. The number of aromatic hydroxyl groups is 1. The minimum Gasteiger partial charge on any atom is -0.508 e. The van der Waals surface area contributed by atoms with E-state index in [4.69, 9.17) is 4.74 Å². The Hall–Kier alpha value is -2.69. The second kappa shape index (κ2) is 8.13. The van der Waals surface area contributed by atoms with Gasteiger partial charge in [-0.1, -0.05) is 32.0 Å². The SMILES string of the molecule is CC(C)c1ccc(N2CCN(C(=O)COc3cccc(O)c3)CC2)cc1. The van der Waals surface area contributed by atoms with E-state index in [0.717, 1.165) is 13.1 Å². The largest absolute Gasteiger partial charge is 0.508 e. The number of carbonyl (C=O) groups is 1. The lowest BCUT2D eigenvalue weighted by molar-refractivity contribution is -0.133. The molecule has 1 amide bonds. The summed E-state index contributed by atoms with van der Waals surface area (Å²) in [6.45, 7) is 7.39. The lowest BCUT2D eigenvalue weighted by Crippen LogP contribution is -2.50. The van der Waals surface area contributed by atoms with E-state index in [0.29, 0.717) is 24.8 Å². The third kappa shape index (κ3) is 4.48. The highest BCUT2D eigenvalue weighted by Crippen LogP contribution is 2.21. The number of nitrogens with zero attached hydrogens (tertiary/aromatic N) is 2. The van der Waals surface area contributed by atoms with Crippen molar-refractivity contribution in [2.45, 2.75) is 19.8 Å². The highest BCUT2D eigenvalue weighted by atomic mass is 16.5. The van der Waals surface area contributed by atoms with Crippen molar-refractivity contribution >= 4 is 11.6 Å². The Labute approximate surface area is 154 Å². The van der Waals surface area contributed by atoms with Gasteiger partial charge in [-0.25, -0.2) is 0 Å². The lowest BCUT2D eigenvalue weighted by Gasteiger charge is -2.36. The zero-order valence-electron chi connectivity index (χ0n) is 15.4. The maximum atomic E-state index is 12.3. The van der Waals surface area contributed by atoms with Gasteiger partial charge in [-0.2, -0.15) is 0 Å². The van der Waals surface area contributed by atoms with Crippen molar-refractivity contribution in [3.8, 4) is 11.5 Å². The van der Waals surface area contributed by atoms with E-state index < -0.39 is 0 Å². The van der Waals surface area contributed by atoms with Crippen molar-refractivity contribution in [3.63, 3.8) is 0 Å². The Morgan fingerprint density at radius 3 is 2.38 bits per heavy atom. The predicted molar refractivity (Wildman–Crippen MR) is 103 cm³/mol. The van der Waals surface area contributed by atoms with Crippen LogP contribution in [-0.4, -0.2) is 48.7 Å². The van der Waals surface area contributed by atoms with Gasteiger partial charge in [0.1, 0.15) is 11.5 Å². The number of benzene rings is 2. The Morgan fingerprint density at radius 2 is 1.77 bits per heavy atom. The number of rotatable bonds is 5. The van der Waals surface area contributed by atoms with Crippen molar-refractivity contribution in [1.29, 1.82) is 0 Å². The van der Waals surface area contributed by atoms with Crippen LogP contribution in [0.4, 0.5) is 5.69 Å². The summed E-state index contributed by atoms with van der Waals surface area (Å²) in [6, 6.07) is 15.2. The first-order chi connectivity index (χ1) is 12.5. The molecule has 5 heteroatoms. The molecule has 26 heavy (non-hydrogen) atoms. The molecular weight excluding hydrogens is 328 g/mol. The molecule has 0 bridgehead atoms. The van der Waals surface area contributed by atoms with Crippen molar-refractivity contribution in [2.24, 2.45) is 0 Å². The van der Waals surface area contributed by atoms with Crippen LogP contribution >= 0.6 is 0 Å². The molecule has 0 aliphatic carbocycles. The van der Waals surface area contributed by atoms with Gasteiger partial charge in [0.05, 0.1) is 0 Å². The highest BCUT2D eigenvalue weighted by Gasteiger charge is 2.21. The monoisotopic (exact) mass is 354 g/mol. The Balaban J connectivity index is 1.49. The molecule has 1 aliphatic rings. The zero-order chi connectivity index (χ0) is 18.5. The molecule has 2 aromatic carbocycles. The summed E-state index contributed by atoms with van der Waals surface area (Å²) in [6.07, 6.45) is 0. The van der Waals surface area contributed by atoms with Crippen LogP contribution in [0.3, 0.4) is 0 Å². The molecule has 1 fully saturated rings. The van der Waals surface area contributed by atoms with Crippen LogP contribution in [0.2, 0.25) is 0 Å². The van der Waals surface area contributed by atoms with Gasteiger partial charge >= 0.3 is 0 Å². The number of anilines is 1. The standard InChI is InChI=1S/C21H26N2O3/c1-16(2)17-6-8-18(9-7-17)22-10-12-23(13-11-22)21(25)15-26-20-5-3-4-19(24)14-20/h3-9,14,16,24H,10-13,15H2,1-2H3. The van der Waals surface area contributed by atoms with Gasteiger partial charge in [0.25, 0.3) is 5.91 Å². The zero-order valence-corrected chi connectivity index (χ0v) is 15.4. The van der Waals surface area contributed by atoms with Crippen molar-refractivity contribution < 1.29 is 14.6 Å². The quantitative estimate of drug-likeness (QED) is 0.896. The summed E-state index contributed by atoms with van der Waals surface area (Å²) in [5.41, 5.74) is 2.55. The number of amides is 1. The summed E-state index contributed by atoms with van der Waals surface area (Å²) in [5, 5.41) is 9.43. The van der Waals surface area contributed by atoms with E-state index in [1.165, 1.54) is 17.3 Å². The molecule has 0 aromatic heterocycles. The number of carbonyl (C=O) groups excluding carboxylic acids is 1. The van der Waals surface area contributed by atoms with Gasteiger partial charge in [0, 0.05) is 37.9 Å². The highest BCUT2D eigenvalue weighted by molar-refractivity contribution is 5.78. The van der Waals surface area contributed by atoms with Crippen LogP contribution in [0, 0.1) is 0 Å². The van der Waals surface area contributed by atoms with Gasteiger partial charge in [-0.3, -0.25) is 4.79 Å². The topological polar surface area (TPSA) is 53.0 Å². The molecule has 0 saturated carbocycles. The maximum absolute atomic E-state index is 12.3. The number of piperazine rings is 1. The van der Waals surface area contributed by atoms with Crippen LogP contribution < -0.4 is 9.64 Å². The van der Waals surface area contributed by atoms with E-state index in [1.807, 2.05) is 4.90 Å². The fraction of sp³-hybridized carbons (Fsp3) is 0.381. The molecule has 1 heterocycles. The Bertz CT molecular complexity index is 735. The van der Waals surface area contributed by atoms with E-state index in [9.17, 15) is 9.90 Å². The Kier molecular flexibility index (Phi) is 5.66. The van der Waals surface area contributed by atoms with Crippen LogP contribution in [0.1, 0.15) is 25.3 Å². The summed E-state index contributed by atoms with van der Waals surface area (Å²) in [7, 11) is 0. The average Bonchev–Trinajstić information content (AvgIpc) is 2.66. The van der Waals surface area contributed by atoms with Gasteiger partial charge in [-0.05, 0) is 35.7 Å². The molecule has 1 saturated heterocycles. The van der Waals surface area contributed by atoms with Gasteiger partial charge in [0.2, 0.25) is 0 Å². The molecule has 0 radical (unpaired) electrons. The average molecular weight is 354 g/mol. The predicted octanol–water partition coefficient (Wildman–Crippen LogP) is 3.24. The fourth-order valence-electron chi connectivity index (χ4n) is 3.09. The van der Waals surface area contributed by atoms with E-state index in [1.54, 1.807) is 18.2 Å². The third-order valence-electron chi connectivity index (χ3n) is 4.74. The molecule has 1 N–H and O–H groups in total. The molecule has 0 spiro atoms. The maximum Gasteiger partial charge on any atom is 0.260 e. The van der Waals surface area contributed by atoms with Crippen LogP contribution in [0.25, 0.3) is 0 Å². The minimum atomic E-state index is -0.0249. The summed E-state index contributed by atoms with van der Waals surface area (Å²) >= 11 is 0. The van der Waals surface area contributed by atoms with Crippen LogP contribution in [0.15, 0.2) is 48.5 Å². The Morgan fingerprint density at radius 1 is 1.08 bits per heavy atom. The van der Waals surface area contributed by atoms with Crippen LogP contribution in [0.5, 0.6) is 11.5 Å². The third-order valence-corrected chi connectivity index (χ3v) is 4.74. The fourth-order valence-corrected chi connectivity index (χ4v) is 3.09. The molecule has 138 valence electrons. The summed E-state index contributed by atoms with van der Waals surface area (Å²) < 4.78 is 5.48. The van der Waals surface area contributed by atoms with E-state index in [2.05, 4.69) is 43.0 Å². The van der Waals surface area contributed by atoms with Gasteiger partial charge in [0.15, 0.2) is 6.61 Å². The number of hydrogen-bond acceptors (Lipinski definition) is 4. The minimum absolute atomic E-state index is 0.00740. The first-order valence-electron chi connectivity index (χ1n) is 9.07.